The minimum atomic E-state index is -3.16. The van der Waals surface area contributed by atoms with Gasteiger partial charge in [-0.15, -0.1) is 0 Å². The van der Waals surface area contributed by atoms with E-state index in [9.17, 15) is 8.42 Å². The van der Waals surface area contributed by atoms with E-state index in [2.05, 4.69) is 25.9 Å². The third-order valence-electron chi connectivity index (χ3n) is 2.92. The van der Waals surface area contributed by atoms with Crippen LogP contribution >= 0.6 is 28.1 Å². The summed E-state index contributed by atoms with van der Waals surface area (Å²) in [4.78, 5) is 7.26. The Morgan fingerprint density at radius 3 is 2.59 bits per heavy atom. The van der Waals surface area contributed by atoms with Crippen LogP contribution in [0.25, 0.3) is 0 Å². The van der Waals surface area contributed by atoms with Crippen LogP contribution in [0.2, 0.25) is 0 Å². The van der Waals surface area contributed by atoms with Crippen LogP contribution in [0, 0.1) is 4.64 Å². The Kier molecular flexibility index (Phi) is 3.44. The number of nitrogens with zero attached hydrogens (tertiary/aromatic N) is 1. The van der Waals surface area contributed by atoms with Gasteiger partial charge in [0.15, 0.2) is 9.84 Å². The summed E-state index contributed by atoms with van der Waals surface area (Å²) in [7, 11) is -3.16. The van der Waals surface area contributed by atoms with Gasteiger partial charge in [0.25, 0.3) is 0 Å². The minimum absolute atomic E-state index is 0.427. The van der Waals surface area contributed by atoms with Gasteiger partial charge >= 0.3 is 0 Å². The monoisotopic (exact) mass is 336 g/mol. The molecule has 1 saturated carbocycles. The van der Waals surface area contributed by atoms with Gasteiger partial charge in [0.05, 0.1) is 4.47 Å². The third kappa shape index (κ3) is 2.77. The molecule has 7 heteroatoms. The van der Waals surface area contributed by atoms with E-state index in [0.29, 0.717) is 16.4 Å². The van der Waals surface area contributed by atoms with Crippen molar-refractivity contribution in [2.75, 3.05) is 6.26 Å². The number of rotatable bonds is 3. The average Bonchev–Trinajstić information content (AvgIpc) is 3.03. The first-order chi connectivity index (χ1) is 7.80. The Labute approximate surface area is 114 Å². The van der Waals surface area contributed by atoms with Crippen LogP contribution in [0.4, 0.5) is 0 Å². The molecule has 0 bridgehead atoms. The number of sulfone groups is 1. The maximum absolute atomic E-state index is 11.5. The molecule has 0 saturated heterocycles. The molecule has 1 aliphatic carbocycles. The number of aromatic nitrogens is 2. The van der Waals surface area contributed by atoms with Gasteiger partial charge in [-0.1, -0.05) is 12.2 Å². The highest BCUT2D eigenvalue weighted by Gasteiger charge is 2.29. The highest BCUT2D eigenvalue weighted by atomic mass is 79.9. The van der Waals surface area contributed by atoms with Crippen molar-refractivity contribution in [3.8, 4) is 0 Å². The summed E-state index contributed by atoms with van der Waals surface area (Å²) in [6.07, 6.45) is 3.43. The van der Waals surface area contributed by atoms with Crippen LogP contribution < -0.4 is 0 Å². The van der Waals surface area contributed by atoms with Crippen molar-refractivity contribution in [2.45, 2.75) is 30.9 Å². The fourth-order valence-corrected chi connectivity index (χ4v) is 2.78. The highest BCUT2D eigenvalue weighted by molar-refractivity contribution is 9.10. The SMILES string of the molecule is CC(c1nc(=S)c(Br)c(C2CC2)[nH]1)S(C)(=O)=O. The molecule has 0 amide bonds. The smallest absolute Gasteiger partial charge is 0.157 e. The van der Waals surface area contributed by atoms with Gasteiger partial charge in [-0.25, -0.2) is 13.4 Å². The first-order valence-corrected chi connectivity index (χ1v) is 8.44. The minimum Gasteiger partial charge on any atom is -0.345 e. The first kappa shape index (κ1) is 13.2. The van der Waals surface area contributed by atoms with Crippen molar-refractivity contribution < 1.29 is 8.42 Å². The van der Waals surface area contributed by atoms with E-state index in [1.807, 2.05) is 0 Å². The summed E-state index contributed by atoms with van der Waals surface area (Å²) < 4.78 is 24.3. The van der Waals surface area contributed by atoms with Crippen LogP contribution in [0.1, 0.15) is 42.5 Å². The summed E-state index contributed by atoms with van der Waals surface area (Å²) in [6, 6.07) is 0. The Hall–Kier alpha value is -0.270. The van der Waals surface area contributed by atoms with E-state index in [-0.39, 0.29) is 0 Å². The van der Waals surface area contributed by atoms with Crippen LogP contribution in [0.5, 0.6) is 0 Å². The molecule has 1 aliphatic rings. The lowest BCUT2D eigenvalue weighted by Gasteiger charge is -2.12. The molecule has 1 atom stereocenters. The van der Waals surface area contributed by atoms with Crippen molar-refractivity contribution >= 4 is 38.0 Å². The van der Waals surface area contributed by atoms with Crippen molar-refractivity contribution in [2.24, 2.45) is 0 Å². The molecular formula is C10H13BrN2O2S2. The van der Waals surface area contributed by atoms with E-state index in [1.54, 1.807) is 6.92 Å². The quantitative estimate of drug-likeness (QED) is 0.862. The maximum atomic E-state index is 11.5. The molecule has 1 unspecified atom stereocenters. The van der Waals surface area contributed by atoms with Crippen LogP contribution in [0.3, 0.4) is 0 Å². The Bertz CT molecular complexity index is 605. The van der Waals surface area contributed by atoms with E-state index < -0.39 is 15.1 Å². The molecule has 4 nitrogen and oxygen atoms in total. The zero-order chi connectivity index (χ0) is 12.8. The average molecular weight is 337 g/mol. The van der Waals surface area contributed by atoms with Crippen molar-refractivity contribution in [3.63, 3.8) is 0 Å². The topological polar surface area (TPSA) is 62.8 Å². The molecule has 0 radical (unpaired) electrons. The zero-order valence-corrected chi connectivity index (χ0v) is 12.7. The molecule has 94 valence electrons. The van der Waals surface area contributed by atoms with Gasteiger partial charge in [0.1, 0.15) is 15.7 Å². The molecular weight excluding hydrogens is 324 g/mol. The van der Waals surface area contributed by atoms with Crippen molar-refractivity contribution in [1.29, 1.82) is 0 Å². The fraction of sp³-hybridized carbons (Fsp3) is 0.600. The molecule has 1 heterocycles. The van der Waals surface area contributed by atoms with E-state index in [0.717, 1.165) is 23.0 Å². The largest absolute Gasteiger partial charge is 0.345 e. The van der Waals surface area contributed by atoms with Crippen LogP contribution in [-0.2, 0) is 9.84 Å². The van der Waals surface area contributed by atoms with Crippen LogP contribution in [0.15, 0.2) is 4.47 Å². The fourth-order valence-electron chi connectivity index (χ4n) is 1.54. The second-order valence-corrected chi connectivity index (χ2v) is 7.95. The zero-order valence-electron chi connectivity index (χ0n) is 9.53. The van der Waals surface area contributed by atoms with Crippen molar-refractivity contribution in [1.82, 2.24) is 9.97 Å². The maximum Gasteiger partial charge on any atom is 0.157 e. The molecule has 1 fully saturated rings. The number of halogens is 1. The lowest BCUT2D eigenvalue weighted by Crippen LogP contribution is -2.13. The molecule has 0 aliphatic heterocycles. The normalized spacial score (nSPS) is 18.1. The number of H-pyrrole nitrogens is 1. The number of hydrogen-bond acceptors (Lipinski definition) is 4. The predicted octanol–water partition coefficient (Wildman–Crippen LogP) is 2.88. The van der Waals surface area contributed by atoms with E-state index >= 15 is 0 Å². The number of aromatic amines is 1. The van der Waals surface area contributed by atoms with Gasteiger partial charge in [-0.05, 0) is 35.7 Å². The Morgan fingerprint density at radius 2 is 2.12 bits per heavy atom. The molecule has 1 aromatic heterocycles. The molecule has 0 aromatic carbocycles. The number of hydrogen-bond donors (Lipinski definition) is 1. The Balaban J connectivity index is 2.53. The summed E-state index contributed by atoms with van der Waals surface area (Å²) >= 11 is 8.55. The van der Waals surface area contributed by atoms with Gasteiger partial charge in [0.2, 0.25) is 0 Å². The third-order valence-corrected chi connectivity index (χ3v) is 5.79. The van der Waals surface area contributed by atoms with Crippen LogP contribution in [-0.4, -0.2) is 24.6 Å². The van der Waals surface area contributed by atoms with Gasteiger partial charge in [0, 0.05) is 17.9 Å². The van der Waals surface area contributed by atoms with Gasteiger partial charge < -0.3 is 4.98 Å². The lowest BCUT2D eigenvalue weighted by atomic mass is 10.3. The summed E-state index contributed by atoms with van der Waals surface area (Å²) in [5, 5.41) is -0.658. The lowest BCUT2D eigenvalue weighted by molar-refractivity contribution is 0.588. The van der Waals surface area contributed by atoms with Crippen molar-refractivity contribution in [3.05, 3.63) is 20.6 Å². The highest BCUT2D eigenvalue weighted by Crippen LogP contribution is 2.42. The standard InChI is InChI=1S/C10H13BrN2O2S2/c1-5(17(2,14)15)9-12-8(6-3-4-6)7(11)10(16)13-9/h5-6H,3-4H2,1-2H3,(H,12,13,16). The second-order valence-electron chi connectivity index (χ2n) is 4.40. The summed E-state index contributed by atoms with van der Waals surface area (Å²) in [5.74, 6) is 0.891. The van der Waals surface area contributed by atoms with E-state index in [4.69, 9.17) is 12.2 Å². The first-order valence-electron chi connectivity index (χ1n) is 5.29. The molecule has 1 aromatic rings. The van der Waals surface area contributed by atoms with Gasteiger partial charge in [-0.3, -0.25) is 0 Å². The Morgan fingerprint density at radius 1 is 1.53 bits per heavy atom. The molecule has 2 rings (SSSR count). The van der Waals surface area contributed by atoms with Gasteiger partial charge in [-0.2, -0.15) is 0 Å². The predicted molar refractivity (Wildman–Crippen MR) is 72.4 cm³/mol. The molecule has 1 N–H and O–H groups in total. The second kappa shape index (κ2) is 4.44. The van der Waals surface area contributed by atoms with E-state index in [1.165, 1.54) is 6.26 Å². The summed E-state index contributed by atoms with van der Waals surface area (Å²) in [6.45, 7) is 1.62. The molecule has 17 heavy (non-hydrogen) atoms. The summed E-state index contributed by atoms with van der Waals surface area (Å²) in [5.41, 5.74) is 0.982. The number of nitrogens with one attached hydrogen (secondary N) is 1. The molecule has 0 spiro atoms.